The van der Waals surface area contributed by atoms with Gasteiger partial charge >= 0.3 is 0 Å². The molecule has 6 heteroatoms. The van der Waals surface area contributed by atoms with Gasteiger partial charge in [0.1, 0.15) is 9.84 Å². The topological polar surface area (TPSA) is 60.2 Å². The summed E-state index contributed by atoms with van der Waals surface area (Å²) >= 11 is 7.45. The number of benzene rings is 1. The van der Waals surface area contributed by atoms with Crippen molar-refractivity contribution in [1.82, 2.24) is 0 Å². The van der Waals surface area contributed by atoms with Crippen LogP contribution in [0.1, 0.15) is 10.8 Å². The molecular formula is C11H16ClNO2S2. The molecule has 0 spiro atoms. The van der Waals surface area contributed by atoms with Crippen LogP contribution in [0.3, 0.4) is 0 Å². The van der Waals surface area contributed by atoms with Crippen LogP contribution < -0.4 is 5.73 Å². The van der Waals surface area contributed by atoms with Crippen LogP contribution >= 0.6 is 23.4 Å². The minimum absolute atomic E-state index is 0.0930. The molecule has 1 unspecified atom stereocenters. The van der Waals surface area contributed by atoms with E-state index in [4.69, 9.17) is 17.3 Å². The first-order valence-corrected chi connectivity index (χ1v) is 8.66. The Balaban J connectivity index is 2.60. The number of rotatable bonds is 6. The zero-order chi connectivity index (χ0) is 12.9. The van der Waals surface area contributed by atoms with E-state index < -0.39 is 9.84 Å². The lowest BCUT2D eigenvalue weighted by molar-refractivity contribution is 0.603. The molecule has 2 N–H and O–H groups in total. The lowest BCUT2D eigenvalue weighted by Gasteiger charge is -2.14. The molecule has 1 aromatic carbocycles. The molecule has 0 bridgehead atoms. The Labute approximate surface area is 112 Å². The third kappa shape index (κ3) is 5.77. The van der Waals surface area contributed by atoms with Gasteiger partial charge in [-0.2, -0.15) is 11.8 Å². The van der Waals surface area contributed by atoms with E-state index in [0.717, 1.165) is 5.56 Å². The summed E-state index contributed by atoms with van der Waals surface area (Å²) in [4.78, 5) is 0. The second-order valence-corrected chi connectivity index (χ2v) is 7.79. The van der Waals surface area contributed by atoms with Crippen LogP contribution in [0.15, 0.2) is 24.3 Å². The lowest BCUT2D eigenvalue weighted by atomic mass is 10.1. The smallest absolute Gasteiger partial charge is 0.148 e. The molecule has 17 heavy (non-hydrogen) atoms. The average molecular weight is 294 g/mol. The number of thioether (sulfide) groups is 1. The Morgan fingerprint density at radius 3 is 2.71 bits per heavy atom. The van der Waals surface area contributed by atoms with Gasteiger partial charge in [-0.3, -0.25) is 0 Å². The minimum atomic E-state index is -2.91. The van der Waals surface area contributed by atoms with Crippen molar-refractivity contribution in [2.24, 2.45) is 5.73 Å². The van der Waals surface area contributed by atoms with Gasteiger partial charge in [0.2, 0.25) is 0 Å². The Kier molecular flexibility index (Phi) is 5.79. The van der Waals surface area contributed by atoms with Crippen LogP contribution in [0.25, 0.3) is 0 Å². The Bertz CT molecular complexity index is 462. The van der Waals surface area contributed by atoms with E-state index in [0.29, 0.717) is 17.3 Å². The van der Waals surface area contributed by atoms with Crippen LogP contribution in [-0.4, -0.2) is 32.7 Å². The predicted molar refractivity (Wildman–Crippen MR) is 75.4 cm³/mol. The second kappa shape index (κ2) is 6.64. The normalized spacial score (nSPS) is 13.6. The van der Waals surface area contributed by atoms with Crippen molar-refractivity contribution in [3.8, 4) is 0 Å². The molecule has 0 aliphatic rings. The molecular weight excluding hydrogens is 278 g/mol. The molecule has 0 saturated carbocycles. The summed E-state index contributed by atoms with van der Waals surface area (Å²) < 4.78 is 22.1. The van der Waals surface area contributed by atoms with Gasteiger partial charge in [0.25, 0.3) is 0 Å². The zero-order valence-electron chi connectivity index (χ0n) is 9.60. The highest BCUT2D eigenvalue weighted by molar-refractivity contribution is 8.00. The molecule has 0 fully saturated rings. The summed E-state index contributed by atoms with van der Waals surface area (Å²) in [5.74, 6) is 0.724. The standard InChI is InChI=1S/C11H16ClNO2S2/c1-17(14,15)6-5-16-11(8-13)9-3-2-4-10(12)7-9/h2-4,7,11H,5-6,8,13H2,1H3. The monoisotopic (exact) mass is 293 g/mol. The van der Waals surface area contributed by atoms with Crippen molar-refractivity contribution in [2.75, 3.05) is 24.3 Å². The first-order valence-electron chi connectivity index (χ1n) is 5.17. The van der Waals surface area contributed by atoms with E-state index in [1.54, 1.807) is 17.8 Å². The summed E-state index contributed by atoms with van der Waals surface area (Å²) in [6.45, 7) is 0.467. The van der Waals surface area contributed by atoms with Gasteiger partial charge in [-0.1, -0.05) is 23.7 Å². The van der Waals surface area contributed by atoms with Crippen molar-refractivity contribution in [1.29, 1.82) is 0 Å². The van der Waals surface area contributed by atoms with E-state index in [1.165, 1.54) is 6.26 Å². The van der Waals surface area contributed by atoms with Gasteiger partial charge in [0, 0.05) is 28.8 Å². The molecule has 0 aliphatic heterocycles. The summed E-state index contributed by atoms with van der Waals surface area (Å²) in [5.41, 5.74) is 6.73. The molecule has 3 nitrogen and oxygen atoms in total. The molecule has 0 aliphatic carbocycles. The Morgan fingerprint density at radius 2 is 2.18 bits per heavy atom. The van der Waals surface area contributed by atoms with Crippen LogP contribution in [0.4, 0.5) is 0 Å². The number of halogens is 1. The largest absolute Gasteiger partial charge is 0.329 e. The molecule has 0 amide bonds. The number of nitrogens with two attached hydrogens (primary N) is 1. The number of sulfone groups is 1. The maximum atomic E-state index is 11.0. The van der Waals surface area contributed by atoms with Crippen molar-refractivity contribution >= 4 is 33.2 Å². The van der Waals surface area contributed by atoms with Crippen LogP contribution in [0.2, 0.25) is 5.02 Å². The van der Waals surface area contributed by atoms with E-state index in [9.17, 15) is 8.42 Å². The van der Waals surface area contributed by atoms with Gasteiger partial charge in [-0.05, 0) is 17.7 Å². The van der Waals surface area contributed by atoms with Crippen LogP contribution in [-0.2, 0) is 9.84 Å². The van der Waals surface area contributed by atoms with E-state index in [1.807, 2.05) is 18.2 Å². The van der Waals surface area contributed by atoms with E-state index in [-0.39, 0.29) is 11.0 Å². The average Bonchev–Trinajstić information content (AvgIpc) is 2.23. The van der Waals surface area contributed by atoms with E-state index in [2.05, 4.69) is 0 Å². The molecule has 96 valence electrons. The summed E-state index contributed by atoms with van der Waals surface area (Å²) in [6.07, 6.45) is 1.24. The second-order valence-electron chi connectivity index (χ2n) is 3.78. The molecule has 0 saturated heterocycles. The van der Waals surface area contributed by atoms with Crippen molar-refractivity contribution < 1.29 is 8.42 Å². The maximum Gasteiger partial charge on any atom is 0.148 e. The van der Waals surface area contributed by atoms with Gasteiger partial charge in [0.05, 0.1) is 5.75 Å². The Hall–Kier alpha value is -0.230. The fourth-order valence-corrected chi connectivity index (χ4v) is 3.90. The molecule has 0 radical (unpaired) electrons. The first-order chi connectivity index (χ1) is 7.92. The van der Waals surface area contributed by atoms with Gasteiger partial charge in [-0.25, -0.2) is 8.42 Å². The molecule has 0 aromatic heterocycles. The first kappa shape index (κ1) is 14.8. The molecule has 1 atom stereocenters. The SMILES string of the molecule is CS(=O)(=O)CCSC(CN)c1cccc(Cl)c1. The third-order valence-electron chi connectivity index (χ3n) is 2.21. The molecule has 1 aromatic rings. The summed E-state index contributed by atoms with van der Waals surface area (Å²) in [7, 11) is -2.91. The van der Waals surface area contributed by atoms with Gasteiger partial charge in [0.15, 0.2) is 0 Å². The molecule has 0 heterocycles. The molecule has 1 rings (SSSR count). The van der Waals surface area contributed by atoms with E-state index >= 15 is 0 Å². The van der Waals surface area contributed by atoms with Crippen LogP contribution in [0.5, 0.6) is 0 Å². The summed E-state index contributed by atoms with van der Waals surface area (Å²) in [6, 6.07) is 7.50. The number of hydrogen-bond acceptors (Lipinski definition) is 4. The van der Waals surface area contributed by atoms with Crippen molar-refractivity contribution in [3.05, 3.63) is 34.9 Å². The van der Waals surface area contributed by atoms with Gasteiger partial charge < -0.3 is 5.73 Å². The van der Waals surface area contributed by atoms with Gasteiger partial charge in [-0.15, -0.1) is 0 Å². The lowest BCUT2D eigenvalue weighted by Crippen LogP contribution is -2.12. The van der Waals surface area contributed by atoms with Crippen molar-refractivity contribution in [3.63, 3.8) is 0 Å². The fourth-order valence-electron chi connectivity index (χ4n) is 1.35. The zero-order valence-corrected chi connectivity index (χ0v) is 12.0. The highest BCUT2D eigenvalue weighted by atomic mass is 35.5. The van der Waals surface area contributed by atoms with Crippen molar-refractivity contribution in [2.45, 2.75) is 5.25 Å². The maximum absolute atomic E-state index is 11.0. The highest BCUT2D eigenvalue weighted by Gasteiger charge is 2.12. The predicted octanol–water partition coefficient (Wildman–Crippen LogP) is 2.12. The highest BCUT2D eigenvalue weighted by Crippen LogP contribution is 2.29. The third-order valence-corrected chi connectivity index (χ3v) is 4.95. The fraction of sp³-hybridized carbons (Fsp3) is 0.455. The quantitative estimate of drug-likeness (QED) is 0.873. The number of hydrogen-bond donors (Lipinski definition) is 1. The Morgan fingerprint density at radius 1 is 1.47 bits per heavy atom. The minimum Gasteiger partial charge on any atom is -0.329 e. The van der Waals surface area contributed by atoms with Crippen LogP contribution in [0, 0.1) is 0 Å². The summed E-state index contributed by atoms with van der Waals surface area (Å²) in [5, 5.41) is 0.764.